The van der Waals surface area contributed by atoms with Crippen LogP contribution in [0.3, 0.4) is 0 Å². The molecule has 0 unspecified atom stereocenters. The molecule has 1 N–H and O–H groups in total. The summed E-state index contributed by atoms with van der Waals surface area (Å²) in [6.45, 7) is 0. The molecule has 0 aliphatic carbocycles. The predicted octanol–water partition coefficient (Wildman–Crippen LogP) is 3.30. The lowest BCUT2D eigenvalue weighted by molar-refractivity contribution is 0.451. The Hall–Kier alpha value is -2.53. The maximum Gasteiger partial charge on any atom is 0.284 e. The fourth-order valence-electron chi connectivity index (χ4n) is 2.09. The molecular formula is C17H14N2O2S. The van der Waals surface area contributed by atoms with Crippen molar-refractivity contribution in [3.8, 4) is 17.0 Å². The number of aryl methyl sites for hydroxylation is 1. The van der Waals surface area contributed by atoms with Crippen molar-refractivity contribution in [1.29, 1.82) is 0 Å². The molecule has 0 saturated carbocycles. The Bertz CT molecular complexity index is 846. The minimum Gasteiger partial charge on any atom is -0.504 e. The first-order valence-electron chi connectivity index (χ1n) is 6.75. The first-order chi connectivity index (χ1) is 10.7. The standard InChI is InChI=1S/C17H14N2O2S/c1-19-17(21)16(22-13-10-6-3-7-11-13)15(20)14(18-19)12-8-4-2-5-9-12/h2-11,20H,1H3. The van der Waals surface area contributed by atoms with E-state index >= 15 is 0 Å². The molecule has 3 aromatic rings. The van der Waals surface area contributed by atoms with Gasteiger partial charge in [-0.2, -0.15) is 5.10 Å². The summed E-state index contributed by atoms with van der Waals surface area (Å²) in [6, 6.07) is 18.8. The van der Waals surface area contributed by atoms with Gasteiger partial charge in [-0.05, 0) is 12.1 Å². The number of rotatable bonds is 3. The molecule has 1 aromatic heterocycles. The zero-order chi connectivity index (χ0) is 15.5. The Labute approximate surface area is 132 Å². The SMILES string of the molecule is Cn1nc(-c2ccccc2)c(O)c(Sc2ccccc2)c1=O. The molecule has 1 heterocycles. The maximum atomic E-state index is 12.3. The zero-order valence-corrected chi connectivity index (χ0v) is 12.7. The summed E-state index contributed by atoms with van der Waals surface area (Å²) in [6.07, 6.45) is 0. The number of aromatic hydroxyl groups is 1. The van der Waals surface area contributed by atoms with E-state index in [-0.39, 0.29) is 16.2 Å². The van der Waals surface area contributed by atoms with Gasteiger partial charge in [0.25, 0.3) is 5.56 Å². The van der Waals surface area contributed by atoms with Gasteiger partial charge in [-0.15, -0.1) is 0 Å². The van der Waals surface area contributed by atoms with Crippen LogP contribution in [0.25, 0.3) is 11.3 Å². The maximum absolute atomic E-state index is 12.3. The molecular weight excluding hydrogens is 296 g/mol. The van der Waals surface area contributed by atoms with E-state index in [2.05, 4.69) is 5.10 Å². The van der Waals surface area contributed by atoms with E-state index in [0.717, 1.165) is 10.5 Å². The van der Waals surface area contributed by atoms with E-state index in [1.54, 1.807) is 7.05 Å². The molecule has 0 spiro atoms. The van der Waals surface area contributed by atoms with Gasteiger partial charge in [-0.1, -0.05) is 60.3 Å². The Morgan fingerprint density at radius 3 is 2.23 bits per heavy atom. The van der Waals surface area contributed by atoms with Crippen molar-refractivity contribution in [2.24, 2.45) is 7.05 Å². The van der Waals surface area contributed by atoms with Crippen LogP contribution in [-0.4, -0.2) is 14.9 Å². The van der Waals surface area contributed by atoms with Gasteiger partial charge < -0.3 is 5.11 Å². The Balaban J connectivity index is 2.14. The lowest BCUT2D eigenvalue weighted by atomic mass is 10.1. The highest BCUT2D eigenvalue weighted by Crippen LogP contribution is 2.36. The van der Waals surface area contributed by atoms with Crippen LogP contribution in [0.15, 0.2) is 75.2 Å². The van der Waals surface area contributed by atoms with E-state index in [9.17, 15) is 9.90 Å². The summed E-state index contributed by atoms with van der Waals surface area (Å²) in [5.74, 6) is -0.0804. The molecule has 2 aromatic carbocycles. The van der Waals surface area contributed by atoms with Gasteiger partial charge in [0.1, 0.15) is 10.6 Å². The van der Waals surface area contributed by atoms with Crippen LogP contribution in [-0.2, 0) is 7.05 Å². The van der Waals surface area contributed by atoms with E-state index in [1.807, 2.05) is 60.7 Å². The minimum absolute atomic E-state index is 0.0804. The molecule has 22 heavy (non-hydrogen) atoms. The van der Waals surface area contributed by atoms with Crippen molar-refractivity contribution >= 4 is 11.8 Å². The van der Waals surface area contributed by atoms with Crippen LogP contribution in [0.2, 0.25) is 0 Å². The van der Waals surface area contributed by atoms with Crippen LogP contribution in [0.1, 0.15) is 0 Å². The smallest absolute Gasteiger partial charge is 0.284 e. The number of aromatic nitrogens is 2. The second-order valence-corrected chi connectivity index (χ2v) is 5.82. The van der Waals surface area contributed by atoms with Crippen molar-refractivity contribution in [3.05, 3.63) is 71.0 Å². The number of hydrogen-bond donors (Lipinski definition) is 1. The van der Waals surface area contributed by atoms with Crippen LogP contribution in [0, 0.1) is 0 Å². The van der Waals surface area contributed by atoms with Crippen molar-refractivity contribution in [1.82, 2.24) is 9.78 Å². The summed E-state index contributed by atoms with van der Waals surface area (Å²) in [5, 5.41) is 14.7. The largest absolute Gasteiger partial charge is 0.504 e. The molecule has 4 nitrogen and oxygen atoms in total. The van der Waals surface area contributed by atoms with Gasteiger partial charge >= 0.3 is 0 Å². The summed E-state index contributed by atoms with van der Waals surface area (Å²) < 4.78 is 1.26. The van der Waals surface area contributed by atoms with Gasteiger partial charge in [0, 0.05) is 17.5 Å². The highest BCUT2D eigenvalue weighted by molar-refractivity contribution is 7.99. The number of benzene rings is 2. The predicted molar refractivity (Wildman–Crippen MR) is 87.1 cm³/mol. The molecule has 0 radical (unpaired) electrons. The minimum atomic E-state index is -0.314. The second kappa shape index (κ2) is 6.07. The zero-order valence-electron chi connectivity index (χ0n) is 11.9. The van der Waals surface area contributed by atoms with Crippen molar-refractivity contribution in [2.75, 3.05) is 0 Å². The third kappa shape index (κ3) is 2.76. The fourth-order valence-corrected chi connectivity index (χ4v) is 3.03. The molecule has 110 valence electrons. The van der Waals surface area contributed by atoms with Crippen LogP contribution >= 0.6 is 11.8 Å². The van der Waals surface area contributed by atoms with E-state index in [4.69, 9.17) is 0 Å². The summed E-state index contributed by atoms with van der Waals surface area (Å²) in [4.78, 5) is 13.5. The lowest BCUT2D eigenvalue weighted by Crippen LogP contribution is -2.21. The van der Waals surface area contributed by atoms with E-state index < -0.39 is 0 Å². The third-order valence-corrected chi connectivity index (χ3v) is 4.27. The molecule has 0 atom stereocenters. The summed E-state index contributed by atoms with van der Waals surface area (Å²) in [5.41, 5.74) is 0.859. The Morgan fingerprint density at radius 1 is 1.00 bits per heavy atom. The lowest BCUT2D eigenvalue weighted by Gasteiger charge is -2.10. The Kier molecular flexibility index (Phi) is 3.98. The quantitative estimate of drug-likeness (QED) is 0.806. The highest BCUT2D eigenvalue weighted by Gasteiger charge is 2.17. The molecule has 3 rings (SSSR count). The summed E-state index contributed by atoms with van der Waals surface area (Å²) in [7, 11) is 1.59. The summed E-state index contributed by atoms with van der Waals surface area (Å²) >= 11 is 1.24. The van der Waals surface area contributed by atoms with Crippen molar-refractivity contribution < 1.29 is 5.11 Å². The molecule has 0 saturated heterocycles. The number of nitrogens with zero attached hydrogens (tertiary/aromatic N) is 2. The van der Waals surface area contributed by atoms with Crippen LogP contribution in [0.5, 0.6) is 5.75 Å². The van der Waals surface area contributed by atoms with Gasteiger partial charge in [-0.3, -0.25) is 4.79 Å². The molecule has 0 aliphatic rings. The van der Waals surface area contributed by atoms with E-state index in [1.165, 1.54) is 16.4 Å². The van der Waals surface area contributed by atoms with Crippen LogP contribution in [0.4, 0.5) is 0 Å². The molecule has 0 aliphatic heterocycles. The molecule has 5 heteroatoms. The Morgan fingerprint density at radius 2 is 1.59 bits per heavy atom. The first-order valence-corrected chi connectivity index (χ1v) is 7.57. The fraction of sp³-hybridized carbons (Fsp3) is 0.0588. The normalized spacial score (nSPS) is 10.6. The van der Waals surface area contributed by atoms with Gasteiger partial charge in [0.15, 0.2) is 5.75 Å². The molecule has 0 amide bonds. The third-order valence-electron chi connectivity index (χ3n) is 3.19. The molecule has 0 fully saturated rings. The van der Waals surface area contributed by atoms with Crippen molar-refractivity contribution in [2.45, 2.75) is 9.79 Å². The van der Waals surface area contributed by atoms with Crippen molar-refractivity contribution in [3.63, 3.8) is 0 Å². The van der Waals surface area contributed by atoms with Gasteiger partial charge in [0.05, 0.1) is 0 Å². The highest BCUT2D eigenvalue weighted by atomic mass is 32.2. The number of hydrogen-bond acceptors (Lipinski definition) is 4. The first kappa shape index (κ1) is 14.4. The second-order valence-electron chi connectivity index (χ2n) is 4.74. The topological polar surface area (TPSA) is 55.1 Å². The van der Waals surface area contributed by atoms with Gasteiger partial charge in [0.2, 0.25) is 0 Å². The average molecular weight is 310 g/mol. The average Bonchev–Trinajstić information content (AvgIpc) is 2.57. The van der Waals surface area contributed by atoms with E-state index in [0.29, 0.717) is 5.69 Å². The van der Waals surface area contributed by atoms with Gasteiger partial charge in [-0.25, -0.2) is 4.68 Å². The molecule has 0 bridgehead atoms. The van der Waals surface area contributed by atoms with Crippen LogP contribution < -0.4 is 5.56 Å². The monoisotopic (exact) mass is 310 g/mol.